The molecular formula is C15H13N3O4. The van der Waals surface area contributed by atoms with Gasteiger partial charge in [-0.05, 0) is 23.3 Å². The molecule has 0 atom stereocenters. The summed E-state index contributed by atoms with van der Waals surface area (Å²) in [5.41, 5.74) is 2.60. The van der Waals surface area contributed by atoms with Crippen LogP contribution >= 0.6 is 0 Å². The predicted molar refractivity (Wildman–Crippen MR) is 78.6 cm³/mol. The molecule has 0 bridgehead atoms. The number of pyridine rings is 1. The maximum Gasteiger partial charge on any atom is 0.274 e. The number of carbonyl (C=O) groups is 1. The van der Waals surface area contributed by atoms with Gasteiger partial charge >= 0.3 is 0 Å². The van der Waals surface area contributed by atoms with Gasteiger partial charge in [-0.1, -0.05) is 6.07 Å². The van der Waals surface area contributed by atoms with Crippen LogP contribution < -0.4 is 4.90 Å². The number of carbonyl (C=O) groups excluding carboxylic acids is 1. The SMILES string of the molecule is CC(=O)N(c1ccc2c(c1)COC2)c1cc([N+](=O)[O-])ccn1. The average molecular weight is 299 g/mol. The lowest BCUT2D eigenvalue weighted by Gasteiger charge is -2.20. The van der Waals surface area contributed by atoms with Gasteiger partial charge in [0.25, 0.3) is 5.69 Å². The second kappa shape index (κ2) is 5.53. The van der Waals surface area contributed by atoms with Crippen LogP contribution in [0.1, 0.15) is 18.1 Å². The summed E-state index contributed by atoms with van der Waals surface area (Å²) in [5, 5.41) is 10.9. The first kappa shape index (κ1) is 14.2. The first-order valence-corrected chi connectivity index (χ1v) is 6.67. The maximum absolute atomic E-state index is 12.0. The van der Waals surface area contributed by atoms with Gasteiger partial charge in [0, 0.05) is 19.2 Å². The van der Waals surface area contributed by atoms with Gasteiger partial charge in [0.1, 0.15) is 5.82 Å². The Hall–Kier alpha value is -2.80. The number of nitrogens with zero attached hydrogens (tertiary/aromatic N) is 3. The van der Waals surface area contributed by atoms with Gasteiger partial charge in [-0.25, -0.2) is 4.98 Å². The standard InChI is InChI=1S/C15H13N3O4/c1-10(19)17(15-7-14(18(20)21)4-5-16-15)13-3-2-11-8-22-9-12(11)6-13/h2-7H,8-9H2,1H3. The predicted octanol–water partition coefficient (Wildman–Crippen LogP) is 2.70. The Morgan fingerprint density at radius 1 is 1.27 bits per heavy atom. The molecule has 1 aliphatic heterocycles. The first-order chi connectivity index (χ1) is 10.6. The van der Waals surface area contributed by atoms with Crippen LogP contribution in [-0.2, 0) is 22.7 Å². The second-order valence-electron chi connectivity index (χ2n) is 4.93. The van der Waals surface area contributed by atoms with Gasteiger partial charge in [-0.2, -0.15) is 0 Å². The number of benzene rings is 1. The van der Waals surface area contributed by atoms with E-state index in [0.29, 0.717) is 18.9 Å². The normalized spacial score (nSPS) is 12.8. The minimum atomic E-state index is -0.514. The summed E-state index contributed by atoms with van der Waals surface area (Å²) in [7, 11) is 0. The van der Waals surface area contributed by atoms with Crippen LogP contribution in [0.3, 0.4) is 0 Å². The van der Waals surface area contributed by atoms with Crippen molar-refractivity contribution in [1.29, 1.82) is 0 Å². The van der Waals surface area contributed by atoms with Crippen LogP contribution in [-0.4, -0.2) is 15.8 Å². The van der Waals surface area contributed by atoms with Gasteiger partial charge in [0.2, 0.25) is 5.91 Å². The van der Waals surface area contributed by atoms with Crippen molar-refractivity contribution >= 4 is 23.1 Å². The molecule has 22 heavy (non-hydrogen) atoms. The molecule has 7 heteroatoms. The Kier molecular flexibility index (Phi) is 3.56. The zero-order valence-electron chi connectivity index (χ0n) is 11.9. The summed E-state index contributed by atoms with van der Waals surface area (Å²) in [6.07, 6.45) is 1.32. The second-order valence-corrected chi connectivity index (χ2v) is 4.93. The van der Waals surface area contributed by atoms with Gasteiger partial charge < -0.3 is 4.74 Å². The van der Waals surface area contributed by atoms with Crippen molar-refractivity contribution in [3.63, 3.8) is 0 Å². The number of amides is 1. The molecule has 0 fully saturated rings. The zero-order chi connectivity index (χ0) is 15.7. The lowest BCUT2D eigenvalue weighted by molar-refractivity contribution is -0.384. The molecule has 0 unspecified atom stereocenters. The van der Waals surface area contributed by atoms with E-state index >= 15 is 0 Å². The number of nitro groups is 1. The van der Waals surface area contributed by atoms with Gasteiger partial charge in [-0.3, -0.25) is 19.8 Å². The molecule has 0 spiro atoms. The van der Waals surface area contributed by atoms with E-state index in [-0.39, 0.29) is 17.4 Å². The summed E-state index contributed by atoms with van der Waals surface area (Å²) in [5.74, 6) is -0.0487. The summed E-state index contributed by atoms with van der Waals surface area (Å²) < 4.78 is 5.36. The number of anilines is 2. The number of hydrogen-bond donors (Lipinski definition) is 0. The van der Waals surface area contributed by atoms with Crippen LogP contribution in [0.15, 0.2) is 36.5 Å². The molecule has 2 heterocycles. The molecule has 1 aliphatic rings. The van der Waals surface area contributed by atoms with Crippen LogP contribution in [0, 0.1) is 10.1 Å². The number of fused-ring (bicyclic) bond motifs is 1. The monoisotopic (exact) mass is 299 g/mol. The summed E-state index contributed by atoms with van der Waals surface area (Å²) in [6.45, 7) is 2.45. The Morgan fingerprint density at radius 3 is 2.77 bits per heavy atom. The Morgan fingerprint density at radius 2 is 2.05 bits per heavy atom. The van der Waals surface area contributed by atoms with Crippen molar-refractivity contribution in [2.24, 2.45) is 0 Å². The van der Waals surface area contributed by atoms with Crippen LogP contribution in [0.25, 0.3) is 0 Å². The quantitative estimate of drug-likeness (QED) is 0.642. The summed E-state index contributed by atoms with van der Waals surface area (Å²) >= 11 is 0. The molecule has 0 saturated heterocycles. The van der Waals surface area contributed by atoms with Gasteiger partial charge in [-0.15, -0.1) is 0 Å². The van der Waals surface area contributed by atoms with Crippen molar-refractivity contribution < 1.29 is 14.5 Å². The molecule has 1 aromatic carbocycles. The Balaban J connectivity index is 2.05. The number of ether oxygens (including phenoxy) is 1. The maximum atomic E-state index is 12.0. The van der Waals surface area contributed by atoms with E-state index in [4.69, 9.17) is 4.74 Å². The van der Waals surface area contributed by atoms with Gasteiger partial charge in [0.05, 0.1) is 29.9 Å². The van der Waals surface area contributed by atoms with Crippen LogP contribution in [0.2, 0.25) is 0 Å². The van der Waals surface area contributed by atoms with E-state index in [1.165, 1.54) is 30.2 Å². The van der Waals surface area contributed by atoms with Crippen molar-refractivity contribution in [2.75, 3.05) is 4.90 Å². The third-order valence-corrected chi connectivity index (χ3v) is 3.45. The minimum absolute atomic E-state index is 0.110. The molecule has 0 aliphatic carbocycles. The number of hydrogen-bond acceptors (Lipinski definition) is 5. The zero-order valence-corrected chi connectivity index (χ0v) is 11.9. The number of rotatable bonds is 3. The minimum Gasteiger partial charge on any atom is -0.372 e. The highest BCUT2D eigenvalue weighted by molar-refractivity contribution is 5.98. The van der Waals surface area contributed by atoms with E-state index in [1.807, 2.05) is 12.1 Å². The average Bonchev–Trinajstić information content (AvgIpc) is 2.95. The Labute approximate surface area is 126 Å². The van der Waals surface area contributed by atoms with Crippen LogP contribution in [0.4, 0.5) is 17.2 Å². The van der Waals surface area contributed by atoms with Crippen molar-refractivity contribution in [1.82, 2.24) is 4.98 Å². The fourth-order valence-corrected chi connectivity index (χ4v) is 2.42. The van der Waals surface area contributed by atoms with E-state index in [1.54, 1.807) is 6.07 Å². The molecule has 0 saturated carbocycles. The van der Waals surface area contributed by atoms with Crippen molar-refractivity contribution in [3.8, 4) is 0 Å². The molecule has 2 aromatic rings. The summed E-state index contributed by atoms with van der Waals surface area (Å²) in [4.78, 5) is 27.8. The molecule has 1 amide bonds. The highest BCUT2D eigenvalue weighted by Gasteiger charge is 2.20. The third kappa shape index (κ3) is 2.53. The molecule has 7 nitrogen and oxygen atoms in total. The topological polar surface area (TPSA) is 85.6 Å². The lowest BCUT2D eigenvalue weighted by atomic mass is 10.1. The highest BCUT2D eigenvalue weighted by Crippen LogP contribution is 2.30. The first-order valence-electron chi connectivity index (χ1n) is 6.67. The lowest BCUT2D eigenvalue weighted by Crippen LogP contribution is -2.24. The highest BCUT2D eigenvalue weighted by atomic mass is 16.6. The smallest absolute Gasteiger partial charge is 0.274 e. The molecule has 1 aromatic heterocycles. The number of aromatic nitrogens is 1. The molecule has 0 radical (unpaired) electrons. The molecule has 3 rings (SSSR count). The fourth-order valence-electron chi connectivity index (χ4n) is 2.42. The van der Waals surface area contributed by atoms with E-state index in [0.717, 1.165) is 11.1 Å². The molecule has 112 valence electrons. The van der Waals surface area contributed by atoms with E-state index in [2.05, 4.69) is 4.98 Å². The summed E-state index contributed by atoms with van der Waals surface area (Å²) in [6, 6.07) is 8.11. The molecule has 0 N–H and O–H groups in total. The van der Waals surface area contributed by atoms with Crippen LogP contribution in [0.5, 0.6) is 0 Å². The van der Waals surface area contributed by atoms with E-state index < -0.39 is 4.92 Å². The largest absolute Gasteiger partial charge is 0.372 e. The Bertz CT molecular complexity index is 760. The van der Waals surface area contributed by atoms with Crippen molar-refractivity contribution in [3.05, 3.63) is 57.8 Å². The van der Waals surface area contributed by atoms with E-state index in [9.17, 15) is 14.9 Å². The third-order valence-electron chi connectivity index (χ3n) is 3.45. The fraction of sp³-hybridized carbons (Fsp3) is 0.200. The molecular weight excluding hydrogens is 286 g/mol. The van der Waals surface area contributed by atoms with Crippen molar-refractivity contribution in [2.45, 2.75) is 20.1 Å². The van der Waals surface area contributed by atoms with Gasteiger partial charge in [0.15, 0.2) is 0 Å².